The third-order valence-corrected chi connectivity index (χ3v) is 6.23. The molecular weight excluding hydrogens is 372 g/mol. The van der Waals surface area contributed by atoms with Gasteiger partial charge in [0.15, 0.2) is 0 Å². The van der Waals surface area contributed by atoms with E-state index in [1.165, 1.54) is 22.3 Å². The van der Waals surface area contributed by atoms with E-state index in [1.807, 2.05) is 32.8 Å². The lowest BCUT2D eigenvalue weighted by molar-refractivity contribution is -0.147. The van der Waals surface area contributed by atoms with Gasteiger partial charge in [-0.15, -0.1) is 0 Å². The normalized spacial score (nSPS) is 15.9. The molecule has 4 nitrogen and oxygen atoms in total. The van der Waals surface area contributed by atoms with Crippen molar-refractivity contribution in [1.29, 1.82) is 0 Å². The minimum absolute atomic E-state index is 0.00350. The Morgan fingerprint density at radius 1 is 1.00 bits per heavy atom. The van der Waals surface area contributed by atoms with E-state index in [1.54, 1.807) is 4.90 Å². The minimum Gasteiger partial charge on any atom is -0.348 e. The summed E-state index contributed by atoms with van der Waals surface area (Å²) in [6.45, 7) is 7.27. The van der Waals surface area contributed by atoms with Crippen LogP contribution in [-0.2, 0) is 16.0 Å². The average Bonchev–Trinajstić information content (AvgIpc) is 2.73. The second-order valence-corrected chi connectivity index (χ2v) is 9.20. The number of likely N-dealkylation sites (tertiary alicyclic amines) is 1. The molecule has 2 amide bonds. The Morgan fingerprint density at radius 2 is 1.63 bits per heavy atom. The van der Waals surface area contributed by atoms with Gasteiger partial charge in [0.05, 0.1) is 5.41 Å². The van der Waals surface area contributed by atoms with E-state index < -0.39 is 5.41 Å². The zero-order chi connectivity index (χ0) is 21.9. The number of hydrogen-bond acceptors (Lipinski definition) is 2. The van der Waals surface area contributed by atoms with Gasteiger partial charge in [-0.3, -0.25) is 9.59 Å². The summed E-state index contributed by atoms with van der Waals surface area (Å²) in [5.74, 6) is 0.349. The lowest BCUT2D eigenvalue weighted by Gasteiger charge is -2.42. The van der Waals surface area contributed by atoms with Crippen molar-refractivity contribution in [2.75, 3.05) is 27.2 Å². The summed E-state index contributed by atoms with van der Waals surface area (Å²) in [4.78, 5) is 29.2. The highest BCUT2D eigenvalue weighted by Gasteiger charge is 2.43. The van der Waals surface area contributed by atoms with Crippen LogP contribution < -0.4 is 0 Å². The molecular formula is C26H34N2O2. The molecule has 2 aromatic carbocycles. The van der Waals surface area contributed by atoms with Gasteiger partial charge in [0.25, 0.3) is 0 Å². The number of nitrogens with zero attached hydrogens (tertiary/aromatic N) is 2. The van der Waals surface area contributed by atoms with E-state index in [0.29, 0.717) is 32.4 Å². The summed E-state index contributed by atoms with van der Waals surface area (Å²) in [6.07, 6.45) is 2.13. The maximum Gasteiger partial charge on any atom is 0.228 e. The molecule has 160 valence electrons. The molecule has 0 aliphatic carbocycles. The Kier molecular flexibility index (Phi) is 6.64. The Hall–Kier alpha value is -2.62. The van der Waals surface area contributed by atoms with Crippen LogP contribution >= 0.6 is 0 Å². The minimum atomic E-state index is -0.442. The Labute approximate surface area is 180 Å². The smallest absolute Gasteiger partial charge is 0.228 e. The fraction of sp³-hybridized carbons (Fsp3) is 0.462. The van der Waals surface area contributed by atoms with Gasteiger partial charge in [-0.2, -0.15) is 0 Å². The van der Waals surface area contributed by atoms with Crippen molar-refractivity contribution >= 4 is 11.8 Å². The first-order valence-corrected chi connectivity index (χ1v) is 10.9. The SMILES string of the molecule is Cc1cccc(-c2ccc(CC3(C(=O)N(C)C)CCN(C(=O)C(C)C)CC3)cc2)c1. The Balaban J connectivity index is 1.79. The predicted molar refractivity (Wildman–Crippen MR) is 122 cm³/mol. The maximum absolute atomic E-state index is 13.2. The first-order valence-electron chi connectivity index (χ1n) is 10.9. The highest BCUT2D eigenvalue weighted by Crippen LogP contribution is 2.37. The van der Waals surface area contributed by atoms with Crippen LogP contribution in [0.25, 0.3) is 11.1 Å². The van der Waals surface area contributed by atoms with Crippen LogP contribution in [0.5, 0.6) is 0 Å². The van der Waals surface area contributed by atoms with E-state index in [4.69, 9.17) is 0 Å². The molecule has 2 aromatic rings. The van der Waals surface area contributed by atoms with Gasteiger partial charge in [0, 0.05) is 33.1 Å². The van der Waals surface area contributed by atoms with Gasteiger partial charge in [0.2, 0.25) is 11.8 Å². The molecule has 0 radical (unpaired) electrons. The largest absolute Gasteiger partial charge is 0.348 e. The summed E-state index contributed by atoms with van der Waals surface area (Å²) in [5, 5.41) is 0. The zero-order valence-corrected chi connectivity index (χ0v) is 18.9. The van der Waals surface area contributed by atoms with E-state index >= 15 is 0 Å². The number of carbonyl (C=O) groups is 2. The molecule has 0 atom stereocenters. The number of benzene rings is 2. The molecule has 0 unspecified atom stereocenters. The lowest BCUT2D eigenvalue weighted by atomic mass is 9.72. The maximum atomic E-state index is 13.2. The molecule has 1 heterocycles. The number of hydrogen-bond donors (Lipinski definition) is 0. The molecule has 1 fully saturated rings. The fourth-order valence-corrected chi connectivity index (χ4v) is 4.49. The standard InChI is InChI=1S/C26H34N2O2/c1-19(2)24(29)28-15-13-26(14-16-28,25(30)27(4)5)18-21-9-11-22(12-10-21)23-8-6-7-20(3)17-23/h6-12,17,19H,13-16,18H2,1-5H3. The van der Waals surface area contributed by atoms with E-state index in [0.717, 1.165) is 0 Å². The third kappa shape index (κ3) is 4.75. The predicted octanol–water partition coefficient (Wildman–Crippen LogP) is 4.56. The summed E-state index contributed by atoms with van der Waals surface area (Å²) in [6, 6.07) is 17.1. The highest BCUT2D eigenvalue weighted by atomic mass is 16.2. The summed E-state index contributed by atoms with van der Waals surface area (Å²) in [7, 11) is 3.66. The van der Waals surface area contributed by atoms with Crippen molar-refractivity contribution in [2.24, 2.45) is 11.3 Å². The van der Waals surface area contributed by atoms with E-state index in [9.17, 15) is 9.59 Å². The molecule has 4 heteroatoms. The van der Waals surface area contributed by atoms with Crippen molar-refractivity contribution in [1.82, 2.24) is 9.80 Å². The third-order valence-electron chi connectivity index (χ3n) is 6.23. The van der Waals surface area contributed by atoms with Crippen LogP contribution in [0.4, 0.5) is 0 Å². The number of piperidine rings is 1. The van der Waals surface area contributed by atoms with E-state index in [2.05, 4.69) is 55.5 Å². The number of amides is 2. The molecule has 1 saturated heterocycles. The highest BCUT2D eigenvalue weighted by molar-refractivity contribution is 5.84. The Morgan fingerprint density at radius 3 is 2.17 bits per heavy atom. The van der Waals surface area contributed by atoms with Crippen LogP contribution in [0.1, 0.15) is 37.8 Å². The molecule has 1 aliphatic heterocycles. The molecule has 0 N–H and O–H groups in total. The average molecular weight is 407 g/mol. The molecule has 0 aromatic heterocycles. The quantitative estimate of drug-likeness (QED) is 0.730. The molecule has 0 spiro atoms. The fourth-order valence-electron chi connectivity index (χ4n) is 4.49. The second kappa shape index (κ2) is 9.03. The van der Waals surface area contributed by atoms with Gasteiger partial charge in [0.1, 0.15) is 0 Å². The second-order valence-electron chi connectivity index (χ2n) is 9.20. The number of aryl methyl sites for hydroxylation is 1. The van der Waals surface area contributed by atoms with Crippen LogP contribution in [-0.4, -0.2) is 48.8 Å². The first-order chi connectivity index (χ1) is 14.2. The van der Waals surface area contributed by atoms with E-state index in [-0.39, 0.29) is 17.7 Å². The topological polar surface area (TPSA) is 40.6 Å². The lowest BCUT2D eigenvalue weighted by Crippen LogP contribution is -2.51. The summed E-state index contributed by atoms with van der Waals surface area (Å²) >= 11 is 0. The van der Waals surface area contributed by atoms with Crippen molar-refractivity contribution in [3.63, 3.8) is 0 Å². The van der Waals surface area contributed by atoms with Gasteiger partial charge in [-0.05, 0) is 42.9 Å². The van der Waals surface area contributed by atoms with Crippen LogP contribution in [0.15, 0.2) is 48.5 Å². The monoisotopic (exact) mass is 406 g/mol. The van der Waals surface area contributed by atoms with Crippen molar-refractivity contribution in [2.45, 2.75) is 40.0 Å². The molecule has 0 bridgehead atoms. The molecule has 1 aliphatic rings. The Bertz CT molecular complexity index is 892. The summed E-state index contributed by atoms with van der Waals surface area (Å²) < 4.78 is 0. The molecule has 0 saturated carbocycles. The van der Waals surface area contributed by atoms with Gasteiger partial charge < -0.3 is 9.80 Å². The van der Waals surface area contributed by atoms with Crippen molar-refractivity contribution in [3.05, 3.63) is 59.7 Å². The van der Waals surface area contributed by atoms with Crippen molar-refractivity contribution < 1.29 is 9.59 Å². The molecule has 30 heavy (non-hydrogen) atoms. The summed E-state index contributed by atoms with van der Waals surface area (Å²) in [5.41, 5.74) is 4.37. The van der Waals surface area contributed by atoms with Crippen LogP contribution in [0.2, 0.25) is 0 Å². The first kappa shape index (κ1) is 22.1. The zero-order valence-electron chi connectivity index (χ0n) is 18.9. The van der Waals surface area contributed by atoms with Crippen molar-refractivity contribution in [3.8, 4) is 11.1 Å². The van der Waals surface area contributed by atoms with Crippen LogP contribution in [0.3, 0.4) is 0 Å². The van der Waals surface area contributed by atoms with Gasteiger partial charge >= 0.3 is 0 Å². The van der Waals surface area contributed by atoms with Crippen LogP contribution in [0, 0.1) is 18.3 Å². The van der Waals surface area contributed by atoms with Gasteiger partial charge in [-0.1, -0.05) is 67.9 Å². The molecule has 3 rings (SSSR count). The number of carbonyl (C=O) groups excluding carboxylic acids is 2. The van der Waals surface area contributed by atoms with Gasteiger partial charge in [-0.25, -0.2) is 0 Å². The number of rotatable bonds is 5.